The molecule has 1 fully saturated rings. The Hall–Kier alpha value is -1.33. The highest BCUT2D eigenvalue weighted by atomic mass is 35.5. The number of nitrogens with one attached hydrogen (secondary N) is 1. The maximum Gasteiger partial charge on any atom is 0.287 e. The van der Waals surface area contributed by atoms with E-state index in [2.05, 4.69) is 28.8 Å². The lowest BCUT2D eigenvalue weighted by Crippen LogP contribution is -2.29. The maximum atomic E-state index is 12.0. The zero-order chi connectivity index (χ0) is 15.2. The summed E-state index contributed by atoms with van der Waals surface area (Å²) < 4.78 is 1.30. The first-order valence-electron chi connectivity index (χ1n) is 7.44. The highest BCUT2D eigenvalue weighted by Crippen LogP contribution is 2.16. The Balaban J connectivity index is 1.91. The Morgan fingerprint density at radius 1 is 1.52 bits per heavy atom. The van der Waals surface area contributed by atoms with Crippen molar-refractivity contribution in [2.24, 2.45) is 5.92 Å². The molecule has 0 radical (unpaired) electrons. The van der Waals surface area contributed by atoms with E-state index in [9.17, 15) is 4.79 Å². The van der Waals surface area contributed by atoms with Crippen molar-refractivity contribution in [2.75, 3.05) is 31.5 Å². The molecule has 0 amide bonds. The molecular formula is C15H23ClN4O. The van der Waals surface area contributed by atoms with Crippen LogP contribution >= 0.6 is 11.6 Å². The zero-order valence-corrected chi connectivity index (χ0v) is 13.3. The van der Waals surface area contributed by atoms with Gasteiger partial charge in [-0.05, 0) is 31.8 Å². The van der Waals surface area contributed by atoms with Crippen molar-refractivity contribution in [1.29, 1.82) is 0 Å². The third-order valence-corrected chi connectivity index (χ3v) is 4.06. The van der Waals surface area contributed by atoms with Crippen LogP contribution < -0.4 is 10.9 Å². The Morgan fingerprint density at radius 3 is 2.90 bits per heavy atom. The van der Waals surface area contributed by atoms with Crippen LogP contribution in [0.15, 0.2) is 23.6 Å². The van der Waals surface area contributed by atoms with Crippen LogP contribution in [-0.4, -0.2) is 40.9 Å². The summed E-state index contributed by atoms with van der Waals surface area (Å²) in [7, 11) is 0. The number of allylic oxidation sites excluding steroid dienone is 1. The van der Waals surface area contributed by atoms with Gasteiger partial charge in [-0.25, -0.2) is 4.68 Å². The summed E-state index contributed by atoms with van der Waals surface area (Å²) in [5.41, 5.74) is 0.323. The third kappa shape index (κ3) is 4.32. The molecule has 1 N–H and O–H groups in total. The largest absolute Gasteiger partial charge is 0.382 e. The monoisotopic (exact) mass is 310 g/mol. The van der Waals surface area contributed by atoms with Gasteiger partial charge >= 0.3 is 0 Å². The number of anilines is 1. The van der Waals surface area contributed by atoms with Crippen molar-refractivity contribution < 1.29 is 0 Å². The van der Waals surface area contributed by atoms with Crippen LogP contribution in [0.25, 0.3) is 0 Å². The van der Waals surface area contributed by atoms with Gasteiger partial charge in [0.15, 0.2) is 0 Å². The van der Waals surface area contributed by atoms with E-state index >= 15 is 0 Å². The number of halogens is 1. The molecule has 0 saturated carbocycles. The number of aromatic nitrogens is 2. The van der Waals surface area contributed by atoms with Gasteiger partial charge in [0.05, 0.1) is 18.4 Å². The smallest absolute Gasteiger partial charge is 0.287 e. The maximum absolute atomic E-state index is 12.0. The van der Waals surface area contributed by atoms with Crippen molar-refractivity contribution in [1.82, 2.24) is 14.7 Å². The van der Waals surface area contributed by atoms with Gasteiger partial charge in [-0.3, -0.25) is 4.79 Å². The van der Waals surface area contributed by atoms with Gasteiger partial charge in [0.2, 0.25) is 0 Å². The van der Waals surface area contributed by atoms with Crippen molar-refractivity contribution >= 4 is 17.3 Å². The average molecular weight is 311 g/mol. The number of hydrogen-bond acceptors (Lipinski definition) is 4. The minimum Gasteiger partial charge on any atom is -0.382 e. The van der Waals surface area contributed by atoms with Crippen molar-refractivity contribution in [3.8, 4) is 0 Å². The Bertz CT molecular complexity index is 537. The molecule has 2 heterocycles. The van der Waals surface area contributed by atoms with Gasteiger partial charge in [0.1, 0.15) is 5.02 Å². The number of likely N-dealkylation sites (tertiary alicyclic amines) is 1. The summed E-state index contributed by atoms with van der Waals surface area (Å²) in [6.07, 6.45) is 5.83. The second-order valence-electron chi connectivity index (χ2n) is 5.64. The van der Waals surface area contributed by atoms with Crippen LogP contribution in [0.3, 0.4) is 0 Å². The second-order valence-corrected chi connectivity index (χ2v) is 6.02. The van der Waals surface area contributed by atoms with Crippen LogP contribution in [0.5, 0.6) is 0 Å². The summed E-state index contributed by atoms with van der Waals surface area (Å²) in [4.78, 5) is 14.5. The molecular weight excluding hydrogens is 288 g/mol. The zero-order valence-electron chi connectivity index (χ0n) is 12.5. The topological polar surface area (TPSA) is 50.2 Å². The molecule has 1 atom stereocenters. The molecule has 2 rings (SSSR count). The van der Waals surface area contributed by atoms with Crippen LogP contribution in [0.1, 0.15) is 19.8 Å². The molecule has 0 bridgehead atoms. The molecule has 0 aliphatic carbocycles. The van der Waals surface area contributed by atoms with E-state index in [1.54, 1.807) is 12.3 Å². The quantitative estimate of drug-likeness (QED) is 0.785. The van der Waals surface area contributed by atoms with Crippen LogP contribution in [0.4, 0.5) is 5.69 Å². The highest BCUT2D eigenvalue weighted by molar-refractivity contribution is 6.32. The number of hydrogen-bond donors (Lipinski definition) is 1. The summed E-state index contributed by atoms with van der Waals surface area (Å²) in [5.74, 6) is 0.495. The molecule has 1 aromatic rings. The predicted molar refractivity (Wildman–Crippen MR) is 87.0 cm³/mol. The van der Waals surface area contributed by atoms with E-state index in [-0.39, 0.29) is 10.6 Å². The Morgan fingerprint density at radius 2 is 2.24 bits per heavy atom. The van der Waals surface area contributed by atoms with Gasteiger partial charge in [0, 0.05) is 13.1 Å². The van der Waals surface area contributed by atoms with E-state index in [1.165, 1.54) is 30.6 Å². The molecule has 1 saturated heterocycles. The fraction of sp³-hybridized carbons (Fsp3) is 0.600. The molecule has 5 nitrogen and oxygen atoms in total. The molecule has 1 aliphatic rings. The van der Waals surface area contributed by atoms with E-state index in [0.717, 1.165) is 13.1 Å². The standard InChI is InChI=1S/C15H23ClN4O/c1-3-6-20-15(21)14(16)13(10-18-20)17-9-12(2)11-19-7-4-5-8-19/h3,10,12,17H,1,4-9,11H2,2H3. The Labute approximate surface area is 130 Å². The molecule has 21 heavy (non-hydrogen) atoms. The molecule has 6 heteroatoms. The van der Waals surface area contributed by atoms with E-state index < -0.39 is 0 Å². The number of nitrogens with zero attached hydrogens (tertiary/aromatic N) is 3. The highest BCUT2D eigenvalue weighted by Gasteiger charge is 2.15. The van der Waals surface area contributed by atoms with E-state index in [1.807, 2.05) is 0 Å². The number of rotatable bonds is 7. The summed E-state index contributed by atoms with van der Waals surface area (Å²) in [6.45, 7) is 10.4. The van der Waals surface area contributed by atoms with E-state index in [0.29, 0.717) is 18.2 Å². The van der Waals surface area contributed by atoms with Gasteiger partial charge < -0.3 is 10.2 Å². The Kier molecular flexibility index (Phi) is 5.82. The van der Waals surface area contributed by atoms with Gasteiger partial charge in [0.25, 0.3) is 5.56 Å². The van der Waals surface area contributed by atoms with Crippen molar-refractivity contribution in [2.45, 2.75) is 26.3 Å². The van der Waals surface area contributed by atoms with Gasteiger partial charge in [-0.1, -0.05) is 24.6 Å². The second kappa shape index (κ2) is 7.61. The first-order chi connectivity index (χ1) is 10.1. The molecule has 1 aromatic heterocycles. The lowest BCUT2D eigenvalue weighted by molar-refractivity contribution is 0.294. The fourth-order valence-electron chi connectivity index (χ4n) is 2.60. The fourth-order valence-corrected chi connectivity index (χ4v) is 2.81. The third-order valence-electron chi connectivity index (χ3n) is 3.70. The van der Waals surface area contributed by atoms with Gasteiger partial charge in [-0.2, -0.15) is 5.10 Å². The van der Waals surface area contributed by atoms with Crippen molar-refractivity contribution in [3.05, 3.63) is 34.2 Å². The molecule has 1 unspecified atom stereocenters. The molecule has 116 valence electrons. The van der Waals surface area contributed by atoms with Gasteiger partial charge in [-0.15, -0.1) is 6.58 Å². The molecule has 1 aliphatic heterocycles. The minimum atomic E-state index is -0.284. The SMILES string of the molecule is C=CCn1ncc(NCC(C)CN2CCCC2)c(Cl)c1=O. The first-order valence-corrected chi connectivity index (χ1v) is 7.82. The molecule has 0 aromatic carbocycles. The lowest BCUT2D eigenvalue weighted by atomic mass is 10.1. The first kappa shape index (κ1) is 16.0. The normalized spacial score (nSPS) is 16.9. The lowest BCUT2D eigenvalue weighted by Gasteiger charge is -2.21. The summed E-state index contributed by atoms with van der Waals surface area (Å²) in [5, 5.41) is 7.52. The minimum absolute atomic E-state index is 0.195. The average Bonchev–Trinajstić information content (AvgIpc) is 2.96. The predicted octanol–water partition coefficient (Wildman–Crippen LogP) is 2.23. The van der Waals surface area contributed by atoms with Crippen LogP contribution in [-0.2, 0) is 6.54 Å². The van der Waals surface area contributed by atoms with E-state index in [4.69, 9.17) is 11.6 Å². The van der Waals surface area contributed by atoms with Crippen molar-refractivity contribution in [3.63, 3.8) is 0 Å². The van der Waals surface area contributed by atoms with Crippen LogP contribution in [0.2, 0.25) is 5.02 Å². The van der Waals surface area contributed by atoms with Crippen LogP contribution in [0, 0.1) is 5.92 Å². The molecule has 0 spiro atoms. The summed E-state index contributed by atoms with van der Waals surface area (Å²) in [6, 6.07) is 0. The summed E-state index contributed by atoms with van der Waals surface area (Å²) >= 11 is 6.11.